The van der Waals surface area contributed by atoms with Crippen molar-refractivity contribution in [2.45, 2.75) is 13.5 Å². The molecule has 0 aliphatic carbocycles. The predicted molar refractivity (Wildman–Crippen MR) is 112 cm³/mol. The van der Waals surface area contributed by atoms with Crippen LogP contribution in [0.2, 0.25) is 0 Å². The first-order valence-electron chi connectivity index (χ1n) is 8.61. The lowest BCUT2D eigenvalue weighted by Crippen LogP contribution is -2.10. The van der Waals surface area contributed by atoms with Gasteiger partial charge in [0.2, 0.25) is 0 Å². The fraction of sp³-hybridized carbons (Fsp3) is 0.200. The Hall–Kier alpha value is -3.68. The molecule has 2 heterocycles. The summed E-state index contributed by atoms with van der Waals surface area (Å²) in [5, 5.41) is 8.56. The number of hydrogen-bond acceptors (Lipinski definition) is 8. The van der Waals surface area contributed by atoms with E-state index in [1.165, 1.54) is 7.11 Å². The Morgan fingerprint density at radius 3 is 2.79 bits per heavy atom. The van der Waals surface area contributed by atoms with Crippen molar-refractivity contribution < 1.29 is 9.53 Å². The van der Waals surface area contributed by atoms with Gasteiger partial charge in [0.25, 0.3) is 6.47 Å². The molecule has 0 spiro atoms. The molecule has 0 saturated heterocycles. The van der Waals surface area contributed by atoms with Crippen LogP contribution in [0.5, 0.6) is 0 Å². The van der Waals surface area contributed by atoms with E-state index < -0.39 is 0 Å². The fourth-order valence-electron chi connectivity index (χ4n) is 2.46. The van der Waals surface area contributed by atoms with Crippen molar-refractivity contribution in [3.8, 4) is 0 Å². The van der Waals surface area contributed by atoms with E-state index in [2.05, 4.69) is 48.7 Å². The van der Waals surface area contributed by atoms with Gasteiger partial charge in [0.1, 0.15) is 5.82 Å². The van der Waals surface area contributed by atoms with E-state index in [4.69, 9.17) is 10.5 Å². The molecule has 0 atom stereocenters. The van der Waals surface area contributed by atoms with Gasteiger partial charge in [-0.3, -0.25) is 9.78 Å². The summed E-state index contributed by atoms with van der Waals surface area (Å²) in [6.45, 7) is 2.91. The molecule has 8 heteroatoms. The number of ether oxygens (including phenoxy) is 1. The number of carbonyl (C=O) groups is 1. The number of nitrogens with zero attached hydrogens (tertiary/aromatic N) is 3. The van der Waals surface area contributed by atoms with Crippen LogP contribution in [0.15, 0.2) is 53.8 Å². The van der Waals surface area contributed by atoms with Gasteiger partial charge >= 0.3 is 0 Å². The van der Waals surface area contributed by atoms with E-state index in [0.717, 1.165) is 27.9 Å². The molecule has 8 nitrogen and oxygen atoms in total. The number of hydrogen-bond donors (Lipinski definition) is 3. The molecule has 0 unspecified atom stereocenters. The summed E-state index contributed by atoms with van der Waals surface area (Å²) < 4.78 is 3.86. The summed E-state index contributed by atoms with van der Waals surface area (Å²) >= 11 is 0. The van der Waals surface area contributed by atoms with Crippen molar-refractivity contribution >= 4 is 34.6 Å². The zero-order valence-corrected chi connectivity index (χ0v) is 16.1. The molecule has 3 rings (SSSR count). The molecule has 2 aromatic heterocycles. The Morgan fingerprint density at radius 1 is 1.29 bits per heavy atom. The summed E-state index contributed by atoms with van der Waals surface area (Å²) in [6.07, 6.45) is 1.80. The van der Waals surface area contributed by atoms with Gasteiger partial charge in [0.05, 0.1) is 29.7 Å². The number of aromatic nitrogens is 2. The highest BCUT2D eigenvalue weighted by Crippen LogP contribution is 2.19. The molecule has 4 N–H and O–H groups in total. The third-order valence-electron chi connectivity index (χ3n) is 3.80. The number of hydrazone groups is 1. The van der Waals surface area contributed by atoms with Crippen molar-refractivity contribution in [1.29, 1.82) is 0 Å². The molecule has 0 amide bonds. The second kappa shape index (κ2) is 10.5. The van der Waals surface area contributed by atoms with Crippen LogP contribution in [0.4, 0.5) is 11.5 Å². The molecule has 1 aromatic carbocycles. The standard InChI is InChI=1S/C18H20N6.C2H4O2/c1-12(24-20-2)16-8-6-15(19)18(23-16)22-11-13-5-7-17-14(10-13)4-3-9-21-17;1-4-2-3/h3-10,20H,11,19H2,1-2H3,(H,22,23);2H,1H3/b24-12+;. The summed E-state index contributed by atoms with van der Waals surface area (Å²) in [7, 11) is 3.07. The fourth-order valence-corrected chi connectivity index (χ4v) is 2.46. The van der Waals surface area contributed by atoms with Gasteiger partial charge in [-0.1, -0.05) is 12.1 Å². The molecule has 3 aromatic rings. The van der Waals surface area contributed by atoms with E-state index in [0.29, 0.717) is 24.5 Å². The van der Waals surface area contributed by atoms with Gasteiger partial charge in [-0.25, -0.2) is 4.98 Å². The number of nitrogens with two attached hydrogens (primary N) is 1. The molecule has 0 aliphatic rings. The van der Waals surface area contributed by atoms with E-state index >= 15 is 0 Å². The quantitative estimate of drug-likeness (QED) is 0.342. The molecule has 0 fully saturated rings. The van der Waals surface area contributed by atoms with Crippen molar-refractivity contribution in [2.24, 2.45) is 5.10 Å². The van der Waals surface area contributed by atoms with Crippen LogP contribution < -0.4 is 16.5 Å². The van der Waals surface area contributed by atoms with Crippen LogP contribution in [0.25, 0.3) is 10.9 Å². The number of methoxy groups -OCH3 is 1. The minimum absolute atomic E-state index is 0.375. The monoisotopic (exact) mass is 380 g/mol. The Balaban J connectivity index is 0.000000640. The van der Waals surface area contributed by atoms with Gasteiger partial charge < -0.3 is 21.2 Å². The van der Waals surface area contributed by atoms with Crippen molar-refractivity contribution in [3.63, 3.8) is 0 Å². The average molecular weight is 380 g/mol. The molecular formula is C20H24N6O2. The van der Waals surface area contributed by atoms with Crippen LogP contribution in [0.1, 0.15) is 18.2 Å². The normalized spacial score (nSPS) is 10.6. The number of benzene rings is 1. The highest BCUT2D eigenvalue weighted by Gasteiger charge is 2.06. The van der Waals surface area contributed by atoms with Crippen LogP contribution in [0.3, 0.4) is 0 Å². The summed E-state index contributed by atoms with van der Waals surface area (Å²) in [5.74, 6) is 0.657. The third-order valence-corrected chi connectivity index (χ3v) is 3.80. The number of carbonyl (C=O) groups excluding carboxylic acids is 1. The smallest absolute Gasteiger partial charge is 0.292 e. The third kappa shape index (κ3) is 5.66. The van der Waals surface area contributed by atoms with Gasteiger partial charge in [0.15, 0.2) is 0 Å². The summed E-state index contributed by atoms with van der Waals surface area (Å²) in [6, 6.07) is 13.9. The Morgan fingerprint density at radius 2 is 2.07 bits per heavy atom. The Bertz CT molecular complexity index is 958. The van der Waals surface area contributed by atoms with Crippen molar-refractivity contribution in [2.75, 3.05) is 25.2 Å². The highest BCUT2D eigenvalue weighted by molar-refractivity contribution is 5.97. The van der Waals surface area contributed by atoms with Gasteiger partial charge in [-0.15, -0.1) is 0 Å². The highest BCUT2D eigenvalue weighted by atomic mass is 16.5. The largest absolute Gasteiger partial charge is 0.471 e. The predicted octanol–water partition coefficient (Wildman–Crippen LogP) is 2.56. The van der Waals surface area contributed by atoms with Crippen LogP contribution >= 0.6 is 0 Å². The lowest BCUT2D eigenvalue weighted by Gasteiger charge is -2.11. The van der Waals surface area contributed by atoms with E-state index in [1.807, 2.05) is 31.2 Å². The number of anilines is 2. The molecule has 0 bridgehead atoms. The maximum absolute atomic E-state index is 8.95. The first-order chi connectivity index (χ1) is 13.6. The molecular weight excluding hydrogens is 356 g/mol. The van der Waals surface area contributed by atoms with Crippen LogP contribution in [-0.4, -0.2) is 36.3 Å². The Kier molecular flexibility index (Phi) is 7.71. The van der Waals surface area contributed by atoms with E-state index in [1.54, 1.807) is 13.2 Å². The molecule has 146 valence electrons. The number of nitrogens with one attached hydrogen (secondary N) is 2. The topological polar surface area (TPSA) is 115 Å². The van der Waals surface area contributed by atoms with Crippen LogP contribution in [-0.2, 0) is 16.1 Å². The number of pyridine rings is 2. The molecule has 0 saturated carbocycles. The molecule has 28 heavy (non-hydrogen) atoms. The second-order valence-corrected chi connectivity index (χ2v) is 5.77. The van der Waals surface area contributed by atoms with Gasteiger partial charge in [-0.05, 0) is 42.8 Å². The Labute approximate surface area is 163 Å². The number of rotatable bonds is 6. The maximum atomic E-state index is 8.95. The lowest BCUT2D eigenvalue weighted by molar-refractivity contribution is -0.126. The van der Waals surface area contributed by atoms with Crippen molar-refractivity contribution in [3.05, 3.63) is 59.9 Å². The molecule has 0 radical (unpaired) electrons. The average Bonchev–Trinajstić information content (AvgIpc) is 2.73. The first-order valence-corrected chi connectivity index (χ1v) is 8.61. The minimum Gasteiger partial charge on any atom is -0.471 e. The van der Waals surface area contributed by atoms with E-state index in [-0.39, 0.29) is 0 Å². The van der Waals surface area contributed by atoms with Gasteiger partial charge in [-0.2, -0.15) is 5.10 Å². The minimum atomic E-state index is 0.375. The van der Waals surface area contributed by atoms with Crippen molar-refractivity contribution in [1.82, 2.24) is 15.4 Å². The maximum Gasteiger partial charge on any atom is 0.292 e. The van der Waals surface area contributed by atoms with Crippen LogP contribution in [0, 0.1) is 0 Å². The number of nitrogen functional groups attached to an aromatic ring is 1. The SMILES string of the molecule is CN/N=C(\C)c1ccc(N)c(NCc2ccc3ncccc3c2)n1.COC=O. The van der Waals surface area contributed by atoms with Gasteiger partial charge in [0, 0.05) is 25.2 Å². The zero-order chi connectivity index (χ0) is 20.4. The first kappa shape index (κ1) is 20.6. The lowest BCUT2D eigenvalue weighted by atomic mass is 10.1. The summed E-state index contributed by atoms with van der Waals surface area (Å²) in [4.78, 5) is 17.8. The number of fused-ring (bicyclic) bond motifs is 1. The second-order valence-electron chi connectivity index (χ2n) is 5.77. The van der Waals surface area contributed by atoms with E-state index in [9.17, 15) is 0 Å². The summed E-state index contributed by atoms with van der Waals surface area (Å²) in [5.41, 5.74) is 13.1. The molecule has 0 aliphatic heterocycles. The zero-order valence-electron chi connectivity index (χ0n) is 16.1.